The molecule has 36 heavy (non-hydrogen) atoms. The van der Waals surface area contributed by atoms with Crippen molar-refractivity contribution >= 4 is 5.82 Å². The zero-order valence-electron chi connectivity index (χ0n) is 21.7. The van der Waals surface area contributed by atoms with Gasteiger partial charge >= 0.3 is 0 Å². The lowest BCUT2D eigenvalue weighted by molar-refractivity contribution is 0.336. The van der Waals surface area contributed by atoms with Gasteiger partial charge < -0.3 is 10.6 Å². The van der Waals surface area contributed by atoms with Gasteiger partial charge in [-0.15, -0.1) is 0 Å². The van der Waals surface area contributed by atoms with Crippen LogP contribution in [-0.2, 0) is 6.54 Å². The molecule has 1 atom stereocenters. The zero-order chi connectivity index (χ0) is 25.4. The van der Waals surface area contributed by atoms with E-state index in [1.165, 1.54) is 10.2 Å². The molecule has 1 aliphatic heterocycles. The molecule has 3 heterocycles. The van der Waals surface area contributed by atoms with E-state index >= 15 is 0 Å². The highest BCUT2D eigenvalue weighted by molar-refractivity contribution is 5.87. The van der Waals surface area contributed by atoms with Gasteiger partial charge in [0.1, 0.15) is 11.5 Å². The molecule has 0 aliphatic carbocycles. The molecule has 1 unspecified atom stereocenters. The van der Waals surface area contributed by atoms with Gasteiger partial charge in [-0.3, -0.25) is 4.79 Å². The van der Waals surface area contributed by atoms with E-state index in [-0.39, 0.29) is 11.1 Å². The molecule has 1 aliphatic rings. The summed E-state index contributed by atoms with van der Waals surface area (Å²) in [5.41, 5.74) is 6.39. The third-order valence-electron chi connectivity index (χ3n) is 6.55. The number of anilines is 1. The highest BCUT2D eigenvalue weighted by Gasteiger charge is 2.28. The lowest BCUT2D eigenvalue weighted by Crippen LogP contribution is -2.43. The first-order valence-corrected chi connectivity index (χ1v) is 12.5. The number of nitrogens with one attached hydrogen (secondary N) is 2. The van der Waals surface area contributed by atoms with E-state index in [0.717, 1.165) is 59.2 Å². The average Bonchev–Trinajstić information content (AvgIpc) is 3.22. The number of nitrogens with zero attached hydrogens (tertiary/aromatic N) is 4. The Bertz CT molecular complexity index is 1460. The fourth-order valence-corrected chi connectivity index (χ4v) is 4.67. The molecule has 0 fully saturated rings. The molecule has 0 saturated heterocycles. The van der Waals surface area contributed by atoms with Crippen LogP contribution in [0.5, 0.6) is 0 Å². The van der Waals surface area contributed by atoms with Crippen molar-refractivity contribution in [2.75, 3.05) is 18.4 Å². The molecule has 0 saturated carbocycles. The van der Waals surface area contributed by atoms with Gasteiger partial charge in [0.25, 0.3) is 5.56 Å². The third-order valence-corrected chi connectivity index (χ3v) is 6.55. The predicted octanol–water partition coefficient (Wildman–Crippen LogP) is 4.81. The largest absolute Gasteiger partial charge is 0.369 e. The van der Waals surface area contributed by atoms with Crippen LogP contribution in [0.3, 0.4) is 0 Å². The van der Waals surface area contributed by atoms with Crippen molar-refractivity contribution in [2.45, 2.75) is 46.7 Å². The molecule has 2 aromatic carbocycles. The standard InChI is InChI=1S/C29H34N6O/c1-19-9-8-11-22(15-19)27-26(28-30-16-21(18-34(28)33-27)17-31-29(3,4)5)23-13-14-25(36)35(32-23)24-12-7-6-10-20(24)2/h6-15,21,30-31H,16-18H2,1-5H3. The van der Waals surface area contributed by atoms with Gasteiger partial charge in [0.15, 0.2) is 0 Å². The lowest BCUT2D eigenvalue weighted by atomic mass is 10.0. The third kappa shape index (κ3) is 4.84. The van der Waals surface area contributed by atoms with Crippen molar-refractivity contribution < 1.29 is 0 Å². The van der Waals surface area contributed by atoms with Gasteiger partial charge in [-0.2, -0.15) is 14.9 Å². The van der Waals surface area contributed by atoms with Crippen molar-refractivity contribution in [1.29, 1.82) is 0 Å². The number of fused-ring (bicyclic) bond motifs is 1. The molecule has 4 aromatic rings. The molecule has 0 radical (unpaired) electrons. The number of aryl methyl sites for hydroxylation is 2. The second-order valence-corrected chi connectivity index (χ2v) is 10.8. The van der Waals surface area contributed by atoms with E-state index in [1.807, 2.05) is 37.3 Å². The Labute approximate surface area is 212 Å². The van der Waals surface area contributed by atoms with Crippen molar-refractivity contribution in [3.05, 3.63) is 82.1 Å². The van der Waals surface area contributed by atoms with Crippen LogP contribution in [0.15, 0.2) is 65.5 Å². The normalized spacial score (nSPS) is 15.4. The molecular weight excluding hydrogens is 448 g/mol. The molecule has 2 N–H and O–H groups in total. The summed E-state index contributed by atoms with van der Waals surface area (Å²) in [5.74, 6) is 1.35. The average molecular weight is 483 g/mol. The molecule has 7 heteroatoms. The second kappa shape index (κ2) is 9.39. The number of benzene rings is 2. The highest BCUT2D eigenvalue weighted by atomic mass is 16.1. The Balaban J connectivity index is 1.62. The topological polar surface area (TPSA) is 76.8 Å². The monoisotopic (exact) mass is 482 g/mol. The van der Waals surface area contributed by atoms with Crippen LogP contribution in [0.1, 0.15) is 31.9 Å². The Hall–Kier alpha value is -3.71. The number of rotatable bonds is 5. The number of aromatic nitrogens is 4. The Morgan fingerprint density at radius 3 is 2.58 bits per heavy atom. The van der Waals surface area contributed by atoms with Crippen LogP contribution in [0, 0.1) is 19.8 Å². The molecule has 0 amide bonds. The minimum atomic E-state index is -0.160. The van der Waals surface area contributed by atoms with Crippen molar-refractivity contribution in [2.24, 2.45) is 5.92 Å². The Kier molecular flexibility index (Phi) is 6.26. The summed E-state index contributed by atoms with van der Waals surface area (Å²) in [6, 6.07) is 19.6. The van der Waals surface area contributed by atoms with Crippen LogP contribution in [-0.4, -0.2) is 38.2 Å². The van der Waals surface area contributed by atoms with Crippen molar-refractivity contribution in [3.8, 4) is 28.2 Å². The Morgan fingerprint density at radius 1 is 1.03 bits per heavy atom. The van der Waals surface area contributed by atoms with Gasteiger partial charge in [0, 0.05) is 42.7 Å². The Morgan fingerprint density at radius 2 is 1.83 bits per heavy atom. The van der Waals surface area contributed by atoms with Crippen molar-refractivity contribution in [1.82, 2.24) is 24.9 Å². The van der Waals surface area contributed by atoms with Crippen LogP contribution in [0.25, 0.3) is 28.2 Å². The number of para-hydroxylation sites is 1. The first kappa shape index (κ1) is 24.0. The number of hydrogen-bond donors (Lipinski definition) is 2. The second-order valence-electron chi connectivity index (χ2n) is 10.8. The quantitative estimate of drug-likeness (QED) is 0.427. The van der Waals surface area contributed by atoms with E-state index in [9.17, 15) is 4.79 Å². The summed E-state index contributed by atoms with van der Waals surface area (Å²) in [5, 5.41) is 17.2. The molecule has 0 spiro atoms. The van der Waals surface area contributed by atoms with Crippen LogP contribution in [0.2, 0.25) is 0 Å². The van der Waals surface area contributed by atoms with Crippen LogP contribution >= 0.6 is 0 Å². The van der Waals surface area contributed by atoms with Gasteiger partial charge in [-0.1, -0.05) is 42.0 Å². The fraction of sp³-hybridized carbons (Fsp3) is 0.345. The van der Waals surface area contributed by atoms with E-state index in [4.69, 9.17) is 10.2 Å². The van der Waals surface area contributed by atoms with E-state index in [0.29, 0.717) is 5.92 Å². The summed E-state index contributed by atoms with van der Waals surface area (Å²) >= 11 is 0. The van der Waals surface area contributed by atoms with Gasteiger partial charge in [0.2, 0.25) is 0 Å². The van der Waals surface area contributed by atoms with Gasteiger partial charge in [-0.05, 0) is 58.4 Å². The summed E-state index contributed by atoms with van der Waals surface area (Å²) in [7, 11) is 0. The van der Waals surface area contributed by atoms with E-state index in [1.54, 1.807) is 6.07 Å². The SMILES string of the molecule is Cc1cccc(-c2nn3c(c2-c2ccc(=O)n(-c4ccccc4C)n2)NCC(CNC(C)(C)C)C3)c1. The molecular formula is C29H34N6O. The van der Waals surface area contributed by atoms with Gasteiger partial charge in [-0.25, -0.2) is 4.68 Å². The van der Waals surface area contributed by atoms with Crippen molar-refractivity contribution in [3.63, 3.8) is 0 Å². The van der Waals surface area contributed by atoms with Gasteiger partial charge in [0.05, 0.1) is 16.9 Å². The summed E-state index contributed by atoms with van der Waals surface area (Å²) in [4.78, 5) is 12.8. The molecule has 5 rings (SSSR count). The highest BCUT2D eigenvalue weighted by Crippen LogP contribution is 2.38. The minimum absolute atomic E-state index is 0.0649. The fourth-order valence-electron chi connectivity index (χ4n) is 4.67. The molecule has 0 bridgehead atoms. The smallest absolute Gasteiger partial charge is 0.271 e. The number of hydrogen-bond acceptors (Lipinski definition) is 5. The zero-order valence-corrected chi connectivity index (χ0v) is 21.7. The first-order chi connectivity index (χ1) is 17.2. The maximum atomic E-state index is 12.8. The first-order valence-electron chi connectivity index (χ1n) is 12.5. The van der Waals surface area contributed by atoms with E-state index in [2.05, 4.69) is 67.3 Å². The molecule has 2 aromatic heterocycles. The predicted molar refractivity (Wildman–Crippen MR) is 146 cm³/mol. The molecule has 186 valence electrons. The van der Waals surface area contributed by atoms with Crippen LogP contribution in [0.4, 0.5) is 5.82 Å². The summed E-state index contributed by atoms with van der Waals surface area (Å²) < 4.78 is 3.56. The maximum Gasteiger partial charge on any atom is 0.271 e. The maximum absolute atomic E-state index is 12.8. The summed E-state index contributed by atoms with van der Waals surface area (Å²) in [6.07, 6.45) is 0. The summed E-state index contributed by atoms with van der Waals surface area (Å²) in [6.45, 7) is 13.2. The molecule has 7 nitrogen and oxygen atoms in total. The van der Waals surface area contributed by atoms with E-state index < -0.39 is 0 Å². The van der Waals surface area contributed by atoms with Crippen LogP contribution < -0.4 is 16.2 Å². The minimum Gasteiger partial charge on any atom is -0.369 e. The lowest BCUT2D eigenvalue weighted by Gasteiger charge is -2.29.